The molecular formula is C23H28ClN5O4S. The van der Waals surface area contributed by atoms with Crippen LogP contribution in [0, 0.1) is 11.3 Å². The summed E-state index contributed by atoms with van der Waals surface area (Å²) >= 11 is 6.00. The first kappa shape index (κ1) is 24.4. The van der Waals surface area contributed by atoms with Gasteiger partial charge < -0.3 is 4.90 Å². The summed E-state index contributed by atoms with van der Waals surface area (Å²) in [6, 6.07) is 9.99. The van der Waals surface area contributed by atoms with Gasteiger partial charge in [0, 0.05) is 31.1 Å². The Labute approximate surface area is 204 Å². The van der Waals surface area contributed by atoms with Gasteiger partial charge in [0.2, 0.25) is 15.9 Å². The molecule has 2 saturated heterocycles. The Morgan fingerprint density at radius 1 is 1.09 bits per heavy atom. The van der Waals surface area contributed by atoms with E-state index < -0.39 is 15.9 Å². The molecule has 2 heterocycles. The second kappa shape index (κ2) is 9.89. The highest BCUT2D eigenvalue weighted by atomic mass is 35.5. The first-order valence-corrected chi connectivity index (χ1v) is 13.0. The molecule has 2 aromatic rings. The summed E-state index contributed by atoms with van der Waals surface area (Å²) in [5.74, 6) is 0.0254. The topological polar surface area (TPSA) is 114 Å². The third-order valence-corrected chi connectivity index (χ3v) is 8.50. The van der Waals surface area contributed by atoms with Gasteiger partial charge in [-0.15, -0.1) is 0 Å². The van der Waals surface area contributed by atoms with Crippen molar-refractivity contribution >= 4 is 50.0 Å². The number of piperazine rings is 1. The number of nitrogens with zero attached hydrogens (tertiary/aromatic N) is 3. The number of amides is 2. The number of fused-ring (bicyclic) bond motifs is 1. The van der Waals surface area contributed by atoms with Gasteiger partial charge in [0.25, 0.3) is 5.91 Å². The molecule has 0 aliphatic carbocycles. The molecule has 9 nitrogen and oxygen atoms in total. The lowest BCUT2D eigenvalue weighted by Crippen LogP contribution is -2.58. The van der Waals surface area contributed by atoms with Gasteiger partial charge in [0.15, 0.2) is 0 Å². The predicted molar refractivity (Wildman–Crippen MR) is 130 cm³/mol. The fourth-order valence-corrected chi connectivity index (χ4v) is 6.01. The summed E-state index contributed by atoms with van der Waals surface area (Å²) in [6.45, 7) is 3.10. The van der Waals surface area contributed by atoms with Gasteiger partial charge in [-0.2, -0.15) is 4.31 Å². The molecule has 0 bridgehead atoms. The molecule has 0 atom stereocenters. The lowest BCUT2D eigenvalue weighted by atomic mass is 9.93. The molecule has 11 heteroatoms. The van der Waals surface area contributed by atoms with E-state index in [-0.39, 0.29) is 36.4 Å². The number of halogens is 1. The van der Waals surface area contributed by atoms with Crippen LogP contribution in [0.1, 0.15) is 26.2 Å². The van der Waals surface area contributed by atoms with Crippen molar-refractivity contribution in [1.82, 2.24) is 19.6 Å². The van der Waals surface area contributed by atoms with Gasteiger partial charge in [0.05, 0.1) is 23.8 Å². The molecule has 4 rings (SSSR count). The standard InChI is InChI=1S/C23H28ClN5O4S/c1-16(25)27-8-6-17(7-9-27)12-22(30)26-29-11-10-28(15-23(29)31)34(32,33)21-5-3-18-13-20(24)4-2-19(18)14-21/h2-5,13-14,17,25H,6-12,15H2,1H3,(H,26,30). The van der Waals surface area contributed by atoms with Crippen LogP contribution in [0.15, 0.2) is 41.3 Å². The predicted octanol–water partition coefficient (Wildman–Crippen LogP) is 2.46. The summed E-state index contributed by atoms with van der Waals surface area (Å²) in [5.41, 5.74) is 2.65. The van der Waals surface area contributed by atoms with E-state index >= 15 is 0 Å². The van der Waals surface area contributed by atoms with E-state index in [0.717, 1.165) is 41.0 Å². The Bertz CT molecular complexity index is 1230. The number of rotatable bonds is 5. The molecule has 0 radical (unpaired) electrons. The van der Waals surface area contributed by atoms with E-state index in [2.05, 4.69) is 5.43 Å². The molecule has 34 heavy (non-hydrogen) atoms. The molecule has 0 spiro atoms. The van der Waals surface area contributed by atoms with Crippen LogP contribution < -0.4 is 5.43 Å². The van der Waals surface area contributed by atoms with Gasteiger partial charge in [-0.3, -0.25) is 25.4 Å². The van der Waals surface area contributed by atoms with Gasteiger partial charge in [0.1, 0.15) is 0 Å². The maximum absolute atomic E-state index is 13.1. The Hall–Kier alpha value is -2.69. The molecule has 0 aromatic heterocycles. The van der Waals surface area contributed by atoms with E-state index in [9.17, 15) is 18.0 Å². The number of carbonyl (C=O) groups is 2. The zero-order valence-corrected chi connectivity index (χ0v) is 20.5. The first-order chi connectivity index (χ1) is 16.1. The van der Waals surface area contributed by atoms with Crippen molar-refractivity contribution in [2.75, 3.05) is 32.7 Å². The molecule has 2 aliphatic heterocycles. The first-order valence-electron chi connectivity index (χ1n) is 11.2. The van der Waals surface area contributed by atoms with Gasteiger partial charge in [-0.1, -0.05) is 23.7 Å². The minimum absolute atomic E-state index is 0.0818. The summed E-state index contributed by atoms with van der Waals surface area (Å²) in [5, 5.41) is 11.0. The highest BCUT2D eigenvalue weighted by Crippen LogP contribution is 2.25. The number of sulfonamides is 1. The minimum atomic E-state index is -3.87. The maximum Gasteiger partial charge on any atom is 0.256 e. The largest absolute Gasteiger partial charge is 0.361 e. The third kappa shape index (κ3) is 5.34. The van der Waals surface area contributed by atoms with Crippen LogP contribution in [-0.2, 0) is 19.6 Å². The molecule has 2 fully saturated rings. The number of piperidine rings is 1. The average molecular weight is 506 g/mol. The summed E-state index contributed by atoms with van der Waals surface area (Å²) in [4.78, 5) is 27.2. The normalized spacial score (nSPS) is 18.4. The zero-order valence-electron chi connectivity index (χ0n) is 19.0. The number of likely N-dealkylation sites (tertiary alicyclic amines) is 1. The van der Waals surface area contributed by atoms with Crippen LogP contribution in [0.3, 0.4) is 0 Å². The van der Waals surface area contributed by atoms with Crippen molar-refractivity contribution in [2.45, 2.75) is 31.1 Å². The van der Waals surface area contributed by atoms with Crippen LogP contribution in [0.2, 0.25) is 5.02 Å². The van der Waals surface area contributed by atoms with Crippen LogP contribution in [-0.4, -0.2) is 73.0 Å². The van der Waals surface area contributed by atoms with Crippen LogP contribution in [0.4, 0.5) is 0 Å². The quantitative estimate of drug-likeness (QED) is 0.478. The number of carbonyl (C=O) groups excluding carboxylic acids is 2. The van der Waals surface area contributed by atoms with Crippen molar-refractivity contribution in [2.24, 2.45) is 5.92 Å². The monoisotopic (exact) mass is 505 g/mol. The van der Waals surface area contributed by atoms with Gasteiger partial charge in [-0.25, -0.2) is 8.42 Å². The highest BCUT2D eigenvalue weighted by molar-refractivity contribution is 7.89. The Morgan fingerprint density at radius 2 is 1.76 bits per heavy atom. The van der Waals surface area contributed by atoms with Crippen molar-refractivity contribution in [3.8, 4) is 0 Å². The van der Waals surface area contributed by atoms with Gasteiger partial charge >= 0.3 is 0 Å². The number of nitrogens with one attached hydrogen (secondary N) is 2. The Kier molecular flexibility index (Phi) is 7.11. The molecule has 0 unspecified atom stereocenters. The average Bonchev–Trinajstić information content (AvgIpc) is 2.80. The van der Waals surface area contributed by atoms with Crippen LogP contribution >= 0.6 is 11.6 Å². The maximum atomic E-state index is 13.1. The molecule has 182 valence electrons. The third-order valence-electron chi connectivity index (χ3n) is 6.42. The fraction of sp³-hybridized carbons (Fsp3) is 0.435. The smallest absolute Gasteiger partial charge is 0.256 e. The van der Waals surface area contributed by atoms with Crippen LogP contribution in [0.25, 0.3) is 10.8 Å². The Balaban J connectivity index is 1.34. The van der Waals surface area contributed by atoms with E-state index in [1.54, 1.807) is 37.3 Å². The molecule has 2 N–H and O–H groups in total. The van der Waals surface area contributed by atoms with E-state index in [1.807, 2.05) is 4.90 Å². The summed E-state index contributed by atoms with van der Waals surface area (Å²) in [6.07, 6.45) is 1.95. The Morgan fingerprint density at radius 3 is 2.44 bits per heavy atom. The molecule has 2 aromatic carbocycles. The van der Waals surface area contributed by atoms with Crippen molar-refractivity contribution in [3.63, 3.8) is 0 Å². The minimum Gasteiger partial charge on any atom is -0.361 e. The SMILES string of the molecule is CC(=N)N1CCC(CC(=O)NN2CCN(S(=O)(=O)c3ccc4cc(Cl)ccc4c3)CC2=O)CC1. The molecule has 2 aliphatic rings. The van der Waals surface area contributed by atoms with Gasteiger partial charge in [-0.05, 0) is 60.7 Å². The lowest BCUT2D eigenvalue weighted by molar-refractivity contribution is -0.144. The summed E-state index contributed by atoms with van der Waals surface area (Å²) < 4.78 is 27.4. The zero-order chi connectivity index (χ0) is 24.5. The number of hydrazine groups is 1. The van der Waals surface area contributed by atoms with Crippen molar-refractivity contribution < 1.29 is 18.0 Å². The second-order valence-electron chi connectivity index (χ2n) is 8.79. The molecule has 0 saturated carbocycles. The number of amidine groups is 1. The second-order valence-corrected chi connectivity index (χ2v) is 11.2. The summed E-state index contributed by atoms with van der Waals surface area (Å²) in [7, 11) is -3.87. The molecular weight excluding hydrogens is 478 g/mol. The van der Waals surface area contributed by atoms with E-state index in [4.69, 9.17) is 17.0 Å². The molecule has 2 amide bonds. The fourth-order valence-electron chi connectivity index (χ4n) is 4.41. The van der Waals surface area contributed by atoms with E-state index in [1.165, 1.54) is 11.1 Å². The number of hydrogen-bond donors (Lipinski definition) is 2. The number of hydrogen-bond acceptors (Lipinski definition) is 5. The highest BCUT2D eigenvalue weighted by Gasteiger charge is 2.34. The number of benzene rings is 2. The van der Waals surface area contributed by atoms with Crippen molar-refractivity contribution in [3.05, 3.63) is 41.4 Å². The van der Waals surface area contributed by atoms with Crippen molar-refractivity contribution in [1.29, 1.82) is 5.41 Å². The van der Waals surface area contributed by atoms with E-state index in [0.29, 0.717) is 17.3 Å². The lowest BCUT2D eigenvalue weighted by Gasteiger charge is -2.35. The van der Waals surface area contributed by atoms with Crippen LogP contribution in [0.5, 0.6) is 0 Å².